The number of carbonyl (C=O) groups is 1. The largest absolute Gasteiger partial charge is 0.493 e. The van der Waals surface area contributed by atoms with Crippen LogP contribution in [0.25, 0.3) is 0 Å². The van der Waals surface area contributed by atoms with Gasteiger partial charge in [-0.05, 0) is 59.9 Å². The quantitative estimate of drug-likeness (QED) is 0.655. The molecule has 2 aromatic rings. The highest BCUT2D eigenvalue weighted by atomic mass is 32.2. The van der Waals surface area contributed by atoms with Crippen molar-refractivity contribution in [2.45, 2.75) is 19.4 Å². The number of hydrogen-bond acceptors (Lipinski definition) is 6. The Morgan fingerprint density at radius 2 is 1.63 bits per heavy atom. The minimum atomic E-state index is -3.29. The van der Waals surface area contributed by atoms with Crippen LogP contribution in [0.15, 0.2) is 30.3 Å². The molecule has 0 spiro atoms. The standard InChI is InChI=1S/C22H26N2O5S/c1-28-21-11-15-6-8-23(13-18(15)12-22(21)29-2)14-20(25)17-4-5-19-16(10-17)7-9-24(19)30(3,26)27/h4-5,10-12H,6-9,13-14H2,1-3H3. The summed E-state index contributed by atoms with van der Waals surface area (Å²) < 4.78 is 36.0. The predicted octanol–water partition coefficient (Wildman–Crippen LogP) is 2.27. The second kappa shape index (κ2) is 7.92. The van der Waals surface area contributed by atoms with E-state index in [2.05, 4.69) is 4.90 Å². The van der Waals surface area contributed by atoms with Crippen molar-refractivity contribution in [1.29, 1.82) is 0 Å². The highest BCUT2D eigenvalue weighted by molar-refractivity contribution is 7.92. The summed E-state index contributed by atoms with van der Waals surface area (Å²) in [4.78, 5) is 15.0. The lowest BCUT2D eigenvalue weighted by Crippen LogP contribution is -2.35. The van der Waals surface area contributed by atoms with E-state index in [0.29, 0.717) is 43.1 Å². The fraction of sp³-hybridized carbons (Fsp3) is 0.409. The lowest BCUT2D eigenvalue weighted by molar-refractivity contribution is 0.0921. The zero-order valence-corrected chi connectivity index (χ0v) is 18.3. The molecular weight excluding hydrogens is 404 g/mol. The molecule has 7 nitrogen and oxygen atoms in total. The molecular formula is C22H26N2O5S. The predicted molar refractivity (Wildman–Crippen MR) is 115 cm³/mol. The van der Waals surface area contributed by atoms with Crippen molar-refractivity contribution in [3.05, 3.63) is 52.6 Å². The summed E-state index contributed by atoms with van der Waals surface area (Å²) in [5.41, 5.74) is 4.58. The first-order valence-corrected chi connectivity index (χ1v) is 11.7. The van der Waals surface area contributed by atoms with Gasteiger partial charge in [-0.25, -0.2) is 8.42 Å². The number of fused-ring (bicyclic) bond motifs is 2. The van der Waals surface area contributed by atoms with Crippen molar-refractivity contribution in [2.24, 2.45) is 0 Å². The van der Waals surface area contributed by atoms with Crippen LogP contribution in [0.4, 0.5) is 5.69 Å². The van der Waals surface area contributed by atoms with Crippen LogP contribution in [0.1, 0.15) is 27.0 Å². The van der Waals surface area contributed by atoms with E-state index in [1.54, 1.807) is 26.4 Å². The van der Waals surface area contributed by atoms with Gasteiger partial charge >= 0.3 is 0 Å². The number of rotatable bonds is 6. The Morgan fingerprint density at radius 1 is 0.967 bits per heavy atom. The smallest absolute Gasteiger partial charge is 0.232 e. The van der Waals surface area contributed by atoms with Gasteiger partial charge in [0.2, 0.25) is 10.0 Å². The number of hydrogen-bond donors (Lipinski definition) is 0. The molecule has 8 heteroatoms. The van der Waals surface area contributed by atoms with Crippen LogP contribution in [-0.2, 0) is 29.4 Å². The SMILES string of the molecule is COc1cc2c(cc1OC)CN(CC(=O)c1ccc3c(c1)CCN3S(C)(=O)=O)CC2. The molecule has 0 fully saturated rings. The van der Waals surface area contributed by atoms with Gasteiger partial charge in [0, 0.05) is 25.2 Å². The number of carbonyl (C=O) groups excluding carboxylic acids is 1. The molecule has 0 N–H and O–H groups in total. The van der Waals surface area contributed by atoms with Gasteiger partial charge in [-0.3, -0.25) is 14.0 Å². The minimum absolute atomic E-state index is 0.0412. The Hall–Kier alpha value is -2.58. The fourth-order valence-electron chi connectivity index (χ4n) is 4.26. The van der Waals surface area contributed by atoms with Crippen molar-refractivity contribution in [2.75, 3.05) is 44.4 Å². The monoisotopic (exact) mass is 430 g/mol. The maximum Gasteiger partial charge on any atom is 0.232 e. The third kappa shape index (κ3) is 3.89. The van der Waals surface area contributed by atoms with Gasteiger partial charge < -0.3 is 9.47 Å². The Morgan fingerprint density at radius 3 is 2.30 bits per heavy atom. The van der Waals surface area contributed by atoms with Gasteiger partial charge in [0.15, 0.2) is 17.3 Å². The Kier molecular flexibility index (Phi) is 5.46. The van der Waals surface area contributed by atoms with Crippen molar-refractivity contribution in [3.8, 4) is 11.5 Å². The summed E-state index contributed by atoms with van der Waals surface area (Å²) >= 11 is 0. The number of methoxy groups -OCH3 is 2. The van der Waals surface area contributed by atoms with E-state index in [9.17, 15) is 13.2 Å². The topological polar surface area (TPSA) is 76.2 Å². The molecule has 0 saturated heterocycles. The van der Waals surface area contributed by atoms with E-state index < -0.39 is 10.0 Å². The molecule has 4 rings (SSSR count). The van der Waals surface area contributed by atoms with Gasteiger partial charge in [-0.2, -0.15) is 0 Å². The molecule has 0 aliphatic carbocycles. The van der Waals surface area contributed by atoms with E-state index in [0.717, 1.165) is 29.8 Å². The van der Waals surface area contributed by atoms with Gasteiger partial charge in [0.05, 0.1) is 32.7 Å². The zero-order chi connectivity index (χ0) is 21.5. The third-order valence-corrected chi connectivity index (χ3v) is 7.00. The van der Waals surface area contributed by atoms with Crippen molar-refractivity contribution in [3.63, 3.8) is 0 Å². The Bertz CT molecular complexity index is 1100. The van der Waals surface area contributed by atoms with Crippen molar-refractivity contribution >= 4 is 21.5 Å². The summed E-state index contributed by atoms with van der Waals surface area (Å²) in [6.07, 6.45) is 2.68. The summed E-state index contributed by atoms with van der Waals surface area (Å²) in [5, 5.41) is 0. The second-order valence-electron chi connectivity index (χ2n) is 7.79. The number of anilines is 1. The first-order chi connectivity index (χ1) is 14.3. The first kappa shape index (κ1) is 20.7. The molecule has 0 unspecified atom stereocenters. The molecule has 0 saturated carbocycles. The molecule has 0 radical (unpaired) electrons. The normalized spacial score (nSPS) is 16.2. The fourth-order valence-corrected chi connectivity index (χ4v) is 5.22. The minimum Gasteiger partial charge on any atom is -0.493 e. The molecule has 30 heavy (non-hydrogen) atoms. The average molecular weight is 431 g/mol. The average Bonchev–Trinajstić information content (AvgIpc) is 3.16. The lowest BCUT2D eigenvalue weighted by Gasteiger charge is -2.29. The molecule has 0 atom stereocenters. The molecule has 0 aromatic heterocycles. The van der Waals surface area contributed by atoms with Gasteiger partial charge in [0.1, 0.15) is 0 Å². The zero-order valence-electron chi connectivity index (χ0n) is 17.5. The molecule has 160 valence electrons. The molecule has 2 aliphatic rings. The molecule has 0 amide bonds. The highest BCUT2D eigenvalue weighted by Gasteiger charge is 2.27. The van der Waals surface area contributed by atoms with Crippen molar-refractivity contribution < 1.29 is 22.7 Å². The van der Waals surface area contributed by atoms with E-state index >= 15 is 0 Å². The maximum absolute atomic E-state index is 12.9. The number of ether oxygens (including phenoxy) is 2. The number of nitrogens with zero attached hydrogens (tertiary/aromatic N) is 2. The van der Waals surface area contributed by atoms with Gasteiger partial charge in [0.25, 0.3) is 0 Å². The van der Waals surface area contributed by atoms with Gasteiger partial charge in [-0.15, -0.1) is 0 Å². The van der Waals surface area contributed by atoms with Crippen LogP contribution in [0.5, 0.6) is 11.5 Å². The number of ketones is 1. The maximum atomic E-state index is 12.9. The Balaban J connectivity index is 1.48. The third-order valence-electron chi connectivity index (χ3n) is 5.82. The first-order valence-electron chi connectivity index (χ1n) is 9.90. The van der Waals surface area contributed by atoms with Gasteiger partial charge in [-0.1, -0.05) is 0 Å². The molecule has 2 heterocycles. The summed E-state index contributed by atoms with van der Waals surface area (Å²) in [6, 6.07) is 9.33. The van der Waals surface area contributed by atoms with Crippen molar-refractivity contribution in [1.82, 2.24) is 4.90 Å². The van der Waals surface area contributed by atoms with E-state index in [4.69, 9.17) is 9.47 Å². The molecule has 0 bridgehead atoms. The van der Waals surface area contributed by atoms with Crippen LogP contribution in [0.3, 0.4) is 0 Å². The summed E-state index contributed by atoms with van der Waals surface area (Å²) in [7, 11) is -0.0431. The Labute approximate surface area is 177 Å². The highest BCUT2D eigenvalue weighted by Crippen LogP contribution is 2.34. The molecule has 2 aliphatic heterocycles. The second-order valence-corrected chi connectivity index (χ2v) is 9.70. The van der Waals surface area contributed by atoms with E-state index in [1.165, 1.54) is 16.1 Å². The number of benzene rings is 2. The van der Waals surface area contributed by atoms with Crippen LogP contribution in [0, 0.1) is 0 Å². The van der Waals surface area contributed by atoms with Crippen LogP contribution >= 0.6 is 0 Å². The van der Waals surface area contributed by atoms with Crippen LogP contribution in [-0.4, -0.2) is 59.2 Å². The number of Topliss-reactive ketones (excluding diaryl/α,β-unsaturated/α-hetero) is 1. The van der Waals surface area contributed by atoms with Crippen LogP contribution in [0.2, 0.25) is 0 Å². The number of sulfonamides is 1. The molecule has 2 aromatic carbocycles. The van der Waals surface area contributed by atoms with E-state index in [1.807, 2.05) is 18.2 Å². The van der Waals surface area contributed by atoms with Crippen LogP contribution < -0.4 is 13.8 Å². The van der Waals surface area contributed by atoms with E-state index in [-0.39, 0.29) is 5.78 Å². The summed E-state index contributed by atoms with van der Waals surface area (Å²) in [5.74, 6) is 1.46. The summed E-state index contributed by atoms with van der Waals surface area (Å²) in [6.45, 7) is 2.22. The lowest BCUT2D eigenvalue weighted by atomic mass is 9.98.